The number of carbonyl (C=O) groups is 2. The van der Waals surface area contributed by atoms with Crippen LogP contribution in [0.1, 0.15) is 90.1 Å². The molecule has 0 bridgehead atoms. The molecule has 37 heavy (non-hydrogen) atoms. The molecule has 1 aliphatic carbocycles. The molecule has 2 aliphatic rings. The Balaban J connectivity index is 1.75. The Morgan fingerprint density at radius 1 is 1.14 bits per heavy atom. The number of rotatable bonds is 8. The molecule has 8 heteroatoms. The van der Waals surface area contributed by atoms with E-state index in [-0.39, 0.29) is 34.9 Å². The molecule has 1 N–H and O–H groups in total. The molecule has 0 aromatic heterocycles. The van der Waals surface area contributed by atoms with Crippen molar-refractivity contribution in [3.63, 3.8) is 0 Å². The molecule has 1 saturated carbocycles. The minimum Gasteiger partial charge on any atom is -0.340 e. The molecule has 1 aromatic carbocycles. The average molecular weight is 534 g/mol. The van der Waals surface area contributed by atoms with Crippen molar-refractivity contribution in [3.05, 3.63) is 35.4 Å². The summed E-state index contributed by atoms with van der Waals surface area (Å²) in [6.07, 6.45) is 3.00. The molecule has 3 rings (SSSR count). The predicted molar refractivity (Wildman–Crippen MR) is 149 cm³/mol. The van der Waals surface area contributed by atoms with Crippen molar-refractivity contribution in [2.45, 2.75) is 109 Å². The molecule has 208 valence electrons. The second-order valence-electron chi connectivity index (χ2n) is 12.6. The summed E-state index contributed by atoms with van der Waals surface area (Å²) in [6.45, 7) is 14.6. The van der Waals surface area contributed by atoms with E-state index in [4.69, 9.17) is 0 Å². The normalized spacial score (nSPS) is 25.4. The number of hydrogen-bond acceptors (Lipinski definition) is 5. The highest BCUT2D eigenvalue weighted by Gasteiger charge is 2.44. The van der Waals surface area contributed by atoms with Crippen LogP contribution in [-0.2, 0) is 20.0 Å². The Hall–Kier alpha value is -1.93. The molecular formula is C29H47N3O4S. The van der Waals surface area contributed by atoms with E-state index in [2.05, 4.69) is 51.9 Å². The zero-order valence-corrected chi connectivity index (χ0v) is 24.8. The van der Waals surface area contributed by atoms with E-state index in [0.717, 1.165) is 24.8 Å². The van der Waals surface area contributed by atoms with Crippen molar-refractivity contribution < 1.29 is 18.0 Å². The van der Waals surface area contributed by atoms with E-state index < -0.39 is 21.1 Å². The highest BCUT2D eigenvalue weighted by Crippen LogP contribution is 2.35. The van der Waals surface area contributed by atoms with E-state index in [1.807, 2.05) is 23.1 Å². The number of sulfone groups is 1. The highest BCUT2D eigenvalue weighted by atomic mass is 32.2. The standard InChI is InChI=1S/C29H47N3O4S/c1-19(2)31(8)24-12-13-26(22(17-24)18-37(35,36)20(3)4)32-15-14-25(28(32)34)30-27(33)21-10-9-11-23(16-21)29(5,6)7/h9-11,16,19-20,22,24-26H,12-15,17-18H2,1-8H3,(H,30,33)/t22-,24-,25+,26+/m1/s1. The summed E-state index contributed by atoms with van der Waals surface area (Å²) in [7, 11) is -1.16. The maximum absolute atomic E-state index is 13.5. The van der Waals surface area contributed by atoms with Crippen LogP contribution >= 0.6 is 0 Å². The zero-order valence-electron chi connectivity index (χ0n) is 24.0. The van der Waals surface area contributed by atoms with E-state index in [1.165, 1.54) is 0 Å². The number of hydrogen-bond donors (Lipinski definition) is 1. The summed E-state index contributed by atoms with van der Waals surface area (Å²) in [5, 5.41) is 2.52. The lowest BCUT2D eigenvalue weighted by atomic mass is 9.81. The van der Waals surface area contributed by atoms with Gasteiger partial charge in [-0.15, -0.1) is 0 Å². The lowest BCUT2D eigenvalue weighted by molar-refractivity contribution is -0.133. The first-order valence-electron chi connectivity index (χ1n) is 13.8. The van der Waals surface area contributed by atoms with E-state index in [0.29, 0.717) is 30.6 Å². The smallest absolute Gasteiger partial charge is 0.251 e. The molecule has 0 unspecified atom stereocenters. The quantitative estimate of drug-likeness (QED) is 0.546. The van der Waals surface area contributed by atoms with Crippen molar-refractivity contribution in [1.29, 1.82) is 0 Å². The molecule has 1 aliphatic heterocycles. The fraction of sp³-hybridized carbons (Fsp3) is 0.724. The van der Waals surface area contributed by atoms with Crippen molar-refractivity contribution in [1.82, 2.24) is 15.1 Å². The summed E-state index contributed by atoms with van der Waals surface area (Å²) in [5.74, 6) is -0.354. The van der Waals surface area contributed by atoms with Gasteiger partial charge in [0.05, 0.1) is 11.0 Å². The molecular weight excluding hydrogens is 486 g/mol. The number of benzene rings is 1. The molecule has 7 nitrogen and oxygen atoms in total. The molecule has 4 atom stereocenters. The summed E-state index contributed by atoms with van der Waals surface area (Å²) >= 11 is 0. The van der Waals surface area contributed by atoms with Gasteiger partial charge < -0.3 is 15.1 Å². The van der Waals surface area contributed by atoms with Gasteiger partial charge >= 0.3 is 0 Å². The fourth-order valence-corrected chi connectivity index (χ4v) is 6.97. The summed E-state index contributed by atoms with van der Waals surface area (Å²) < 4.78 is 25.9. The minimum atomic E-state index is -3.26. The average Bonchev–Trinajstić information content (AvgIpc) is 3.17. The zero-order chi connectivity index (χ0) is 27.7. The predicted octanol–water partition coefficient (Wildman–Crippen LogP) is 4.02. The third kappa shape index (κ3) is 6.94. The Morgan fingerprint density at radius 2 is 1.81 bits per heavy atom. The summed E-state index contributed by atoms with van der Waals surface area (Å²) in [6, 6.07) is 7.53. The SMILES string of the molecule is CC(C)N(C)[C@@H]1CC[C@H](N2CC[C@H](NC(=O)c3cccc(C(C)(C)C)c3)C2=O)[C@@H](CS(=O)(=O)C(C)C)C1. The number of amides is 2. The monoisotopic (exact) mass is 533 g/mol. The van der Waals surface area contributed by atoms with Gasteiger partial charge in [-0.05, 0) is 89.5 Å². The molecule has 2 amide bonds. The minimum absolute atomic E-state index is 0.0793. The van der Waals surface area contributed by atoms with Crippen LogP contribution in [0.3, 0.4) is 0 Å². The summed E-state index contributed by atoms with van der Waals surface area (Å²) in [4.78, 5) is 30.8. The van der Waals surface area contributed by atoms with Crippen LogP contribution in [0, 0.1) is 5.92 Å². The van der Waals surface area contributed by atoms with Gasteiger partial charge in [0, 0.05) is 30.2 Å². The van der Waals surface area contributed by atoms with Crippen LogP contribution in [-0.4, -0.2) is 78.8 Å². The van der Waals surface area contributed by atoms with Crippen LogP contribution in [0.4, 0.5) is 0 Å². The van der Waals surface area contributed by atoms with Crippen LogP contribution in [0.5, 0.6) is 0 Å². The van der Waals surface area contributed by atoms with Gasteiger partial charge in [0.2, 0.25) is 5.91 Å². The Bertz CT molecular complexity index is 1080. The van der Waals surface area contributed by atoms with Crippen LogP contribution in [0.15, 0.2) is 24.3 Å². The van der Waals surface area contributed by atoms with Gasteiger partial charge in [-0.2, -0.15) is 0 Å². The van der Waals surface area contributed by atoms with Gasteiger partial charge in [-0.3, -0.25) is 9.59 Å². The van der Waals surface area contributed by atoms with Crippen molar-refractivity contribution in [3.8, 4) is 0 Å². The third-order valence-corrected chi connectivity index (χ3v) is 10.7. The first-order valence-corrected chi connectivity index (χ1v) is 15.5. The Kier molecular flexibility index (Phi) is 9.16. The number of nitrogens with one attached hydrogen (secondary N) is 1. The van der Waals surface area contributed by atoms with E-state index in [1.54, 1.807) is 19.9 Å². The van der Waals surface area contributed by atoms with Crippen molar-refractivity contribution in [2.24, 2.45) is 5.92 Å². The summed E-state index contributed by atoms with van der Waals surface area (Å²) in [5.41, 5.74) is 1.54. The molecule has 1 saturated heterocycles. The number of likely N-dealkylation sites (tertiary alicyclic amines) is 1. The van der Waals surface area contributed by atoms with Gasteiger partial charge in [-0.25, -0.2) is 8.42 Å². The number of carbonyl (C=O) groups excluding carboxylic acids is 2. The van der Waals surface area contributed by atoms with Crippen LogP contribution < -0.4 is 5.32 Å². The maximum Gasteiger partial charge on any atom is 0.251 e. The van der Waals surface area contributed by atoms with Gasteiger partial charge in [0.1, 0.15) is 6.04 Å². The molecule has 2 fully saturated rings. The Labute approximate surface area is 224 Å². The largest absolute Gasteiger partial charge is 0.340 e. The third-order valence-electron chi connectivity index (χ3n) is 8.41. The topological polar surface area (TPSA) is 86.8 Å². The first-order chi connectivity index (χ1) is 17.1. The van der Waals surface area contributed by atoms with Gasteiger partial charge in [0.15, 0.2) is 9.84 Å². The van der Waals surface area contributed by atoms with Crippen molar-refractivity contribution in [2.75, 3.05) is 19.3 Å². The van der Waals surface area contributed by atoms with E-state index in [9.17, 15) is 18.0 Å². The lowest BCUT2D eigenvalue weighted by Crippen LogP contribution is -2.53. The molecule has 0 spiro atoms. The lowest BCUT2D eigenvalue weighted by Gasteiger charge is -2.44. The second-order valence-corrected chi connectivity index (χ2v) is 15.2. The van der Waals surface area contributed by atoms with Crippen LogP contribution in [0.2, 0.25) is 0 Å². The number of nitrogens with zero attached hydrogens (tertiary/aromatic N) is 2. The van der Waals surface area contributed by atoms with Crippen LogP contribution in [0.25, 0.3) is 0 Å². The van der Waals surface area contributed by atoms with Gasteiger partial charge in [0.25, 0.3) is 5.91 Å². The van der Waals surface area contributed by atoms with Crippen molar-refractivity contribution >= 4 is 21.7 Å². The Morgan fingerprint density at radius 3 is 2.41 bits per heavy atom. The van der Waals surface area contributed by atoms with E-state index >= 15 is 0 Å². The molecule has 1 aromatic rings. The first kappa shape index (κ1) is 29.6. The maximum atomic E-state index is 13.5. The fourth-order valence-electron chi connectivity index (χ4n) is 5.63. The molecule has 0 radical (unpaired) electrons. The highest BCUT2D eigenvalue weighted by molar-refractivity contribution is 7.91. The molecule has 1 heterocycles. The second kappa shape index (κ2) is 11.4. The van der Waals surface area contributed by atoms with Gasteiger partial charge in [-0.1, -0.05) is 32.9 Å².